The summed E-state index contributed by atoms with van der Waals surface area (Å²) in [5.74, 6) is 0. The van der Waals surface area contributed by atoms with Crippen LogP contribution in [0.4, 0.5) is 0 Å². The second-order valence-electron chi connectivity index (χ2n) is 7.62. The zero-order chi connectivity index (χ0) is 19.3. The number of rotatable bonds is 15. The highest BCUT2D eigenvalue weighted by molar-refractivity contribution is 7.40. The van der Waals surface area contributed by atoms with Gasteiger partial charge in [-0.15, -0.1) is 0 Å². The van der Waals surface area contributed by atoms with Gasteiger partial charge in [0, 0.05) is 0 Å². The molecule has 0 saturated carbocycles. The summed E-state index contributed by atoms with van der Waals surface area (Å²) in [7, 11) is 4.51. The zero-order valence-electron chi connectivity index (χ0n) is 16.9. The minimum atomic E-state index is -1.77. The molecule has 0 radical (unpaired) electrons. The minimum absolute atomic E-state index is 0.239. The highest BCUT2D eigenvalue weighted by atomic mass is 31.2. The van der Waals surface area contributed by atoms with Gasteiger partial charge in [-0.1, -0.05) is 50.1 Å². The predicted molar refractivity (Wildman–Crippen MR) is 108 cm³/mol. The maximum absolute atomic E-state index is 9.79. The minimum Gasteiger partial charge on any atom is -0.374 e. The molecule has 2 atom stereocenters. The fourth-order valence-corrected chi connectivity index (χ4v) is 3.01. The van der Waals surface area contributed by atoms with Crippen LogP contribution in [-0.4, -0.2) is 56.4 Å². The van der Waals surface area contributed by atoms with E-state index in [4.69, 9.17) is 13.8 Å². The van der Waals surface area contributed by atoms with Crippen molar-refractivity contribution < 1.29 is 23.2 Å². The van der Waals surface area contributed by atoms with Gasteiger partial charge in [0.15, 0.2) is 0 Å². The quantitative estimate of drug-likeness (QED) is 0.274. The van der Waals surface area contributed by atoms with Crippen LogP contribution in [0.2, 0.25) is 0 Å². The summed E-state index contributed by atoms with van der Waals surface area (Å²) in [5, 5.41) is 0. The molecule has 1 rings (SSSR count). The Kier molecular flexibility index (Phi) is 12.3. The first-order chi connectivity index (χ1) is 12.4. The van der Waals surface area contributed by atoms with Gasteiger partial charge < -0.3 is 23.2 Å². The number of unbranched alkanes of at least 4 members (excludes halogenated alkanes) is 1. The Hall–Kier alpha value is -0.550. The van der Waals surface area contributed by atoms with E-state index in [1.54, 1.807) is 0 Å². The summed E-state index contributed by atoms with van der Waals surface area (Å²) in [5.41, 5.74) is 1.20. The van der Waals surface area contributed by atoms with Crippen molar-refractivity contribution in [2.75, 3.05) is 40.9 Å². The van der Waals surface area contributed by atoms with Crippen molar-refractivity contribution in [3.63, 3.8) is 0 Å². The van der Waals surface area contributed by atoms with E-state index in [1.807, 2.05) is 18.2 Å². The number of quaternary nitrogens is 1. The largest absolute Gasteiger partial charge is 0.374 e. The molecule has 0 aliphatic carbocycles. The zero-order valence-corrected chi connectivity index (χ0v) is 17.8. The number of benzene rings is 1. The molecule has 0 heterocycles. The van der Waals surface area contributed by atoms with Gasteiger partial charge in [-0.25, -0.2) is 0 Å². The number of hydrogen-bond acceptors (Lipinski definition) is 4. The third kappa shape index (κ3) is 12.7. The van der Waals surface area contributed by atoms with Crippen LogP contribution in [0.5, 0.6) is 0 Å². The van der Waals surface area contributed by atoms with Crippen molar-refractivity contribution in [3.8, 4) is 0 Å². The van der Waals surface area contributed by atoms with Crippen molar-refractivity contribution in [3.05, 3.63) is 35.9 Å². The lowest BCUT2D eigenvalue weighted by Gasteiger charge is -2.24. The van der Waals surface area contributed by atoms with Crippen LogP contribution in [0.3, 0.4) is 0 Å². The monoisotopic (exact) mass is 386 g/mol. The fourth-order valence-electron chi connectivity index (χ4n) is 2.41. The molecular formula is C20H37NO4P+. The Morgan fingerprint density at radius 2 is 1.65 bits per heavy atom. The second kappa shape index (κ2) is 13.6. The fraction of sp³-hybridized carbons (Fsp3) is 0.700. The first-order valence-corrected chi connectivity index (χ1v) is 10.7. The van der Waals surface area contributed by atoms with Crippen LogP contribution in [0.25, 0.3) is 0 Å². The summed E-state index contributed by atoms with van der Waals surface area (Å²) < 4.78 is 17.7. The van der Waals surface area contributed by atoms with Gasteiger partial charge >= 0.3 is 8.60 Å². The van der Waals surface area contributed by atoms with E-state index in [9.17, 15) is 4.89 Å². The molecule has 150 valence electrons. The first kappa shape index (κ1) is 23.5. The summed E-state index contributed by atoms with van der Waals surface area (Å²) >= 11 is 0. The molecule has 0 amide bonds. The molecule has 0 saturated heterocycles. The highest BCUT2D eigenvalue weighted by Gasteiger charge is 2.13. The molecule has 0 aromatic heterocycles. The van der Waals surface area contributed by atoms with Gasteiger partial charge in [-0.2, -0.15) is 0 Å². The molecule has 0 aliphatic heterocycles. The number of nitrogens with zero attached hydrogens (tertiary/aromatic N) is 1. The molecule has 26 heavy (non-hydrogen) atoms. The van der Waals surface area contributed by atoms with Crippen molar-refractivity contribution in [1.82, 2.24) is 0 Å². The third-order valence-corrected chi connectivity index (χ3v) is 4.85. The van der Waals surface area contributed by atoms with Gasteiger partial charge in [0.2, 0.25) is 0 Å². The number of ether oxygens (including phenoxy) is 1. The molecular weight excluding hydrogens is 349 g/mol. The average Bonchev–Trinajstić information content (AvgIpc) is 2.60. The van der Waals surface area contributed by atoms with Gasteiger partial charge in [0.25, 0.3) is 0 Å². The molecule has 0 bridgehead atoms. The van der Waals surface area contributed by atoms with Crippen LogP contribution in [0.1, 0.15) is 44.6 Å². The molecule has 2 unspecified atom stereocenters. The van der Waals surface area contributed by atoms with Crippen LogP contribution >= 0.6 is 8.60 Å². The van der Waals surface area contributed by atoms with E-state index >= 15 is 0 Å². The Balaban J connectivity index is 2.20. The molecule has 6 heteroatoms. The van der Waals surface area contributed by atoms with Crippen molar-refractivity contribution in [2.24, 2.45) is 0 Å². The standard InChI is InChI=1S/C20H37NO4P/c1-5-6-13-20(23-18-19-11-8-7-9-12-19)14-10-16-24-26(22)25-17-15-21(2,3)4/h7-9,11-12,20,22H,5-6,10,13-18H2,1-4H3/q+1. The number of hydrogen-bond donors (Lipinski definition) is 1. The third-order valence-electron chi connectivity index (χ3n) is 4.04. The predicted octanol–water partition coefficient (Wildman–Crippen LogP) is 4.50. The van der Waals surface area contributed by atoms with E-state index < -0.39 is 8.60 Å². The summed E-state index contributed by atoms with van der Waals surface area (Å²) in [6, 6.07) is 10.3. The Labute approximate surface area is 160 Å². The second-order valence-corrected chi connectivity index (χ2v) is 8.61. The lowest BCUT2D eigenvalue weighted by atomic mass is 10.1. The van der Waals surface area contributed by atoms with Gasteiger partial charge in [-0.05, 0) is 24.8 Å². The molecule has 1 aromatic rings. The van der Waals surface area contributed by atoms with Gasteiger partial charge in [-0.3, -0.25) is 0 Å². The van der Waals surface area contributed by atoms with Crippen LogP contribution in [0.15, 0.2) is 30.3 Å². The lowest BCUT2D eigenvalue weighted by molar-refractivity contribution is -0.870. The normalized spacial score (nSPS) is 14.3. The maximum atomic E-state index is 9.79. The first-order valence-electron chi connectivity index (χ1n) is 9.61. The average molecular weight is 386 g/mol. The summed E-state index contributed by atoms with van der Waals surface area (Å²) in [6.45, 7) is 4.70. The smallest absolute Gasteiger partial charge is 0.330 e. The lowest BCUT2D eigenvalue weighted by Crippen LogP contribution is -2.37. The molecule has 0 fully saturated rings. The Morgan fingerprint density at radius 3 is 2.31 bits per heavy atom. The molecule has 0 aliphatic rings. The molecule has 1 aromatic carbocycles. The summed E-state index contributed by atoms with van der Waals surface area (Å²) in [6.07, 6.45) is 5.45. The molecule has 0 spiro atoms. The molecule has 1 N–H and O–H groups in total. The Bertz CT molecular complexity index is 453. The van der Waals surface area contributed by atoms with Gasteiger partial charge in [0.05, 0.1) is 40.5 Å². The summed E-state index contributed by atoms with van der Waals surface area (Å²) in [4.78, 5) is 9.79. The number of likely N-dealkylation sites (N-methyl/N-ethyl adjacent to an activating group) is 1. The highest BCUT2D eigenvalue weighted by Crippen LogP contribution is 2.32. The van der Waals surface area contributed by atoms with E-state index in [1.165, 1.54) is 18.4 Å². The maximum Gasteiger partial charge on any atom is 0.330 e. The van der Waals surface area contributed by atoms with Crippen LogP contribution in [-0.2, 0) is 20.4 Å². The van der Waals surface area contributed by atoms with Crippen molar-refractivity contribution >= 4 is 8.60 Å². The van der Waals surface area contributed by atoms with Crippen molar-refractivity contribution in [1.29, 1.82) is 0 Å². The van der Waals surface area contributed by atoms with Crippen molar-refractivity contribution in [2.45, 2.75) is 51.7 Å². The topological polar surface area (TPSA) is 47.9 Å². The Morgan fingerprint density at radius 1 is 1.00 bits per heavy atom. The van der Waals surface area contributed by atoms with Crippen LogP contribution < -0.4 is 0 Å². The van der Waals surface area contributed by atoms with E-state index in [-0.39, 0.29) is 6.10 Å². The SMILES string of the molecule is CCCCC(CCCOP(O)OCC[N+](C)(C)C)OCc1ccccc1. The van der Waals surface area contributed by atoms with E-state index in [0.29, 0.717) is 19.8 Å². The van der Waals surface area contributed by atoms with Gasteiger partial charge in [0.1, 0.15) is 13.2 Å². The van der Waals surface area contributed by atoms with E-state index in [0.717, 1.165) is 30.3 Å². The van der Waals surface area contributed by atoms with Crippen LogP contribution in [0, 0.1) is 0 Å². The molecule has 5 nitrogen and oxygen atoms in total. The van der Waals surface area contributed by atoms with E-state index in [2.05, 4.69) is 40.2 Å².